The largest absolute Gasteiger partial charge is 0.493 e. The van der Waals surface area contributed by atoms with Crippen LogP contribution < -0.4 is 4.74 Å². The van der Waals surface area contributed by atoms with Gasteiger partial charge in [0.25, 0.3) is 5.22 Å². The van der Waals surface area contributed by atoms with E-state index in [9.17, 15) is 0 Å². The third-order valence-electron chi connectivity index (χ3n) is 3.25. The van der Waals surface area contributed by atoms with E-state index in [4.69, 9.17) is 9.15 Å². The van der Waals surface area contributed by atoms with Crippen LogP contribution in [0.1, 0.15) is 11.1 Å². The summed E-state index contributed by atoms with van der Waals surface area (Å²) in [7, 11) is 0. The van der Waals surface area contributed by atoms with Gasteiger partial charge in [0.15, 0.2) is 0 Å². The van der Waals surface area contributed by atoms with E-state index in [-0.39, 0.29) is 0 Å². The minimum Gasteiger partial charge on any atom is -0.493 e. The molecule has 0 aliphatic rings. The summed E-state index contributed by atoms with van der Waals surface area (Å²) >= 11 is 4.92. The van der Waals surface area contributed by atoms with Gasteiger partial charge in [0.1, 0.15) is 5.75 Å². The Labute approximate surface area is 153 Å². The predicted molar refractivity (Wildman–Crippen MR) is 99.6 cm³/mol. The fraction of sp³-hybridized carbons (Fsp3) is 0.222. The molecule has 0 radical (unpaired) electrons. The van der Waals surface area contributed by atoms with Gasteiger partial charge in [0, 0.05) is 15.8 Å². The van der Waals surface area contributed by atoms with Crippen molar-refractivity contribution in [3.05, 3.63) is 58.1 Å². The van der Waals surface area contributed by atoms with Gasteiger partial charge < -0.3 is 9.15 Å². The Balaban J connectivity index is 1.54. The Bertz CT molecular complexity index is 815. The zero-order valence-electron chi connectivity index (χ0n) is 13.5. The molecule has 6 heteroatoms. The molecule has 0 N–H and O–H groups in total. The molecule has 0 spiro atoms. The Morgan fingerprint density at radius 3 is 2.62 bits per heavy atom. The highest BCUT2D eigenvalue weighted by Crippen LogP contribution is 2.25. The smallest absolute Gasteiger partial charge is 0.276 e. The lowest BCUT2D eigenvalue weighted by Crippen LogP contribution is -1.99. The van der Waals surface area contributed by atoms with Gasteiger partial charge in [0.05, 0.1) is 6.61 Å². The fourth-order valence-electron chi connectivity index (χ4n) is 2.33. The summed E-state index contributed by atoms with van der Waals surface area (Å²) in [5.74, 6) is 2.13. The number of rotatable bonds is 6. The van der Waals surface area contributed by atoms with Gasteiger partial charge in [-0.05, 0) is 44.2 Å². The Hall–Kier alpha value is -1.79. The number of hydrogen-bond acceptors (Lipinski definition) is 5. The van der Waals surface area contributed by atoms with Gasteiger partial charge in [-0.3, -0.25) is 0 Å². The molecule has 0 fully saturated rings. The molecule has 0 amide bonds. The fourth-order valence-corrected chi connectivity index (χ4v) is 3.28. The van der Waals surface area contributed by atoms with Gasteiger partial charge in [0.2, 0.25) is 5.89 Å². The van der Waals surface area contributed by atoms with Crippen LogP contribution in [0.4, 0.5) is 0 Å². The quantitative estimate of drug-likeness (QED) is 0.412. The summed E-state index contributed by atoms with van der Waals surface area (Å²) in [6, 6.07) is 14.0. The van der Waals surface area contributed by atoms with Gasteiger partial charge in [-0.1, -0.05) is 51.0 Å². The molecule has 2 aromatic carbocycles. The van der Waals surface area contributed by atoms with Crippen molar-refractivity contribution in [1.29, 1.82) is 0 Å². The number of thioether (sulfide) groups is 1. The van der Waals surface area contributed by atoms with E-state index in [0.29, 0.717) is 17.7 Å². The van der Waals surface area contributed by atoms with Crippen LogP contribution in [0.25, 0.3) is 11.5 Å². The zero-order chi connectivity index (χ0) is 16.9. The van der Waals surface area contributed by atoms with Crippen molar-refractivity contribution in [3.63, 3.8) is 0 Å². The van der Waals surface area contributed by atoms with Crippen LogP contribution in [-0.2, 0) is 0 Å². The van der Waals surface area contributed by atoms with Crippen molar-refractivity contribution in [2.24, 2.45) is 0 Å². The molecule has 0 saturated carbocycles. The normalized spacial score (nSPS) is 10.8. The third-order valence-corrected chi connectivity index (χ3v) is 4.52. The number of hydrogen-bond donors (Lipinski definition) is 0. The number of aryl methyl sites for hydroxylation is 2. The van der Waals surface area contributed by atoms with Crippen molar-refractivity contribution in [3.8, 4) is 17.2 Å². The lowest BCUT2D eigenvalue weighted by molar-refractivity contribution is 0.343. The molecular formula is C18H17BrN2O2S. The Kier molecular flexibility index (Phi) is 5.58. The molecule has 0 aliphatic heterocycles. The van der Waals surface area contributed by atoms with Crippen molar-refractivity contribution in [2.75, 3.05) is 12.4 Å². The van der Waals surface area contributed by atoms with Crippen molar-refractivity contribution >= 4 is 27.7 Å². The molecule has 24 heavy (non-hydrogen) atoms. The molecule has 124 valence electrons. The van der Waals surface area contributed by atoms with E-state index < -0.39 is 0 Å². The van der Waals surface area contributed by atoms with Crippen LogP contribution in [0.3, 0.4) is 0 Å². The Morgan fingerprint density at radius 2 is 1.88 bits per heavy atom. The van der Waals surface area contributed by atoms with Gasteiger partial charge in [-0.25, -0.2) is 0 Å². The summed E-state index contributed by atoms with van der Waals surface area (Å²) in [6.45, 7) is 4.69. The maximum atomic E-state index is 5.73. The first-order chi connectivity index (χ1) is 11.6. The average Bonchev–Trinajstić information content (AvgIpc) is 3.00. The topological polar surface area (TPSA) is 48.2 Å². The minimum atomic E-state index is 0.553. The monoisotopic (exact) mass is 404 g/mol. The van der Waals surface area contributed by atoms with Crippen LogP contribution in [0.5, 0.6) is 5.75 Å². The van der Waals surface area contributed by atoms with Crippen molar-refractivity contribution in [1.82, 2.24) is 10.2 Å². The number of nitrogens with zero attached hydrogens (tertiary/aromatic N) is 2. The molecule has 0 unspecified atom stereocenters. The van der Waals surface area contributed by atoms with Gasteiger partial charge >= 0.3 is 0 Å². The van der Waals surface area contributed by atoms with Gasteiger partial charge in [-0.15, -0.1) is 10.2 Å². The van der Waals surface area contributed by atoms with Crippen LogP contribution in [0.2, 0.25) is 0 Å². The van der Waals surface area contributed by atoms with Crippen LogP contribution >= 0.6 is 27.7 Å². The third kappa shape index (κ3) is 4.61. The molecule has 1 heterocycles. The predicted octanol–water partition coefficient (Wildman–Crippen LogP) is 5.29. The number of halogens is 1. The number of aromatic nitrogens is 2. The lowest BCUT2D eigenvalue weighted by Gasteiger charge is -2.04. The summed E-state index contributed by atoms with van der Waals surface area (Å²) in [6.07, 6.45) is 0. The highest BCUT2D eigenvalue weighted by molar-refractivity contribution is 9.10. The minimum absolute atomic E-state index is 0.553. The molecule has 0 bridgehead atoms. The highest BCUT2D eigenvalue weighted by atomic mass is 79.9. The summed E-state index contributed by atoms with van der Waals surface area (Å²) in [4.78, 5) is 0. The van der Waals surface area contributed by atoms with Crippen molar-refractivity contribution < 1.29 is 9.15 Å². The second-order valence-corrected chi connectivity index (χ2v) is 7.37. The number of ether oxygens (including phenoxy) is 1. The van der Waals surface area contributed by atoms with Crippen LogP contribution in [-0.4, -0.2) is 22.6 Å². The standard InChI is InChI=1S/C18H17BrN2O2S/c1-12-8-13(2)10-14(9-12)17-20-21-18(23-17)24-7-6-22-16-5-3-4-15(19)11-16/h3-5,8-11H,6-7H2,1-2H3. The molecule has 0 saturated heterocycles. The first-order valence-corrected chi connectivity index (χ1v) is 9.31. The van der Waals surface area contributed by atoms with E-state index in [1.807, 2.05) is 36.4 Å². The molecule has 3 aromatic rings. The average molecular weight is 405 g/mol. The zero-order valence-corrected chi connectivity index (χ0v) is 15.9. The Morgan fingerprint density at radius 1 is 1.08 bits per heavy atom. The van der Waals surface area contributed by atoms with Gasteiger partial charge in [-0.2, -0.15) is 0 Å². The maximum absolute atomic E-state index is 5.73. The molecular weight excluding hydrogens is 388 g/mol. The first kappa shape index (κ1) is 17.0. The summed E-state index contributed by atoms with van der Waals surface area (Å²) in [5, 5.41) is 8.78. The number of benzene rings is 2. The van der Waals surface area contributed by atoms with E-state index >= 15 is 0 Å². The summed E-state index contributed by atoms with van der Waals surface area (Å²) < 4.78 is 12.4. The van der Waals surface area contributed by atoms with Crippen LogP contribution in [0.15, 0.2) is 56.6 Å². The maximum Gasteiger partial charge on any atom is 0.276 e. The van der Waals surface area contributed by atoms with E-state index in [2.05, 4.69) is 46.0 Å². The van der Waals surface area contributed by atoms with E-state index in [1.54, 1.807) is 0 Å². The second-order valence-electron chi connectivity index (χ2n) is 5.40. The van der Waals surface area contributed by atoms with Crippen LogP contribution in [0, 0.1) is 13.8 Å². The van der Waals surface area contributed by atoms with Crippen molar-refractivity contribution in [2.45, 2.75) is 19.1 Å². The molecule has 1 aromatic heterocycles. The molecule has 0 atom stereocenters. The second kappa shape index (κ2) is 7.85. The van der Waals surface area contributed by atoms with E-state index in [1.165, 1.54) is 22.9 Å². The summed E-state index contributed by atoms with van der Waals surface area (Å²) in [5.41, 5.74) is 3.32. The first-order valence-electron chi connectivity index (χ1n) is 7.53. The lowest BCUT2D eigenvalue weighted by atomic mass is 10.1. The molecule has 3 rings (SSSR count). The highest BCUT2D eigenvalue weighted by Gasteiger charge is 2.10. The SMILES string of the molecule is Cc1cc(C)cc(-c2nnc(SCCOc3cccc(Br)c3)o2)c1. The molecule has 0 aliphatic carbocycles. The van der Waals surface area contributed by atoms with E-state index in [0.717, 1.165) is 21.5 Å². The molecule has 4 nitrogen and oxygen atoms in total.